The maximum atomic E-state index is 13.9. The van der Waals surface area contributed by atoms with E-state index in [2.05, 4.69) is 0 Å². The van der Waals surface area contributed by atoms with Gasteiger partial charge in [0, 0.05) is 23.7 Å². The van der Waals surface area contributed by atoms with E-state index in [-0.39, 0.29) is 12.1 Å². The van der Waals surface area contributed by atoms with Crippen LogP contribution in [-0.4, -0.2) is 18.5 Å². The fraction of sp³-hybridized carbons (Fsp3) is 0.250. The highest BCUT2D eigenvalue weighted by Gasteiger charge is 2.21. The van der Waals surface area contributed by atoms with Gasteiger partial charge in [0.25, 0.3) is 0 Å². The van der Waals surface area contributed by atoms with Gasteiger partial charge in [0.15, 0.2) is 11.6 Å². The fourth-order valence-electron chi connectivity index (χ4n) is 2.31. The van der Waals surface area contributed by atoms with Crippen LogP contribution in [0.3, 0.4) is 0 Å². The highest BCUT2D eigenvalue weighted by molar-refractivity contribution is 6.30. The third-order valence-corrected chi connectivity index (χ3v) is 3.69. The average molecular weight is 311 g/mol. The Labute approximate surface area is 128 Å². The van der Waals surface area contributed by atoms with Crippen LogP contribution in [0.15, 0.2) is 42.5 Å². The number of rotatable bonds is 5. The largest absolute Gasteiger partial charge is 0.329 e. The molecule has 2 rings (SSSR count). The van der Waals surface area contributed by atoms with Crippen molar-refractivity contribution in [3.05, 3.63) is 70.2 Å². The predicted octanol–water partition coefficient (Wildman–Crippen LogP) is 3.75. The number of benzene rings is 2. The molecule has 0 aliphatic heterocycles. The molecular weight excluding hydrogens is 294 g/mol. The molecule has 1 atom stereocenters. The molecule has 21 heavy (non-hydrogen) atoms. The van der Waals surface area contributed by atoms with Gasteiger partial charge in [-0.25, -0.2) is 8.78 Å². The van der Waals surface area contributed by atoms with Gasteiger partial charge in [-0.2, -0.15) is 0 Å². The molecule has 0 bridgehead atoms. The Balaban J connectivity index is 2.20. The maximum Gasteiger partial charge on any atom is 0.163 e. The fourth-order valence-corrected chi connectivity index (χ4v) is 2.44. The normalized spacial score (nSPS) is 12.7. The smallest absolute Gasteiger partial charge is 0.163 e. The average Bonchev–Trinajstić information content (AvgIpc) is 2.47. The molecule has 2 aromatic rings. The van der Waals surface area contributed by atoms with Gasteiger partial charge in [0.05, 0.1) is 6.04 Å². The van der Waals surface area contributed by atoms with Crippen LogP contribution in [0.4, 0.5) is 8.78 Å². The Bertz CT molecular complexity index is 602. The quantitative estimate of drug-likeness (QED) is 0.911. The Hall–Kier alpha value is -1.49. The zero-order valence-corrected chi connectivity index (χ0v) is 12.4. The van der Waals surface area contributed by atoms with E-state index >= 15 is 0 Å². The molecule has 0 aliphatic rings. The minimum atomic E-state index is -0.856. The van der Waals surface area contributed by atoms with Crippen molar-refractivity contribution in [3.63, 3.8) is 0 Å². The van der Waals surface area contributed by atoms with Crippen LogP contribution in [0.5, 0.6) is 0 Å². The summed E-state index contributed by atoms with van der Waals surface area (Å²) in [6, 6.07) is 11.2. The summed E-state index contributed by atoms with van der Waals surface area (Å²) in [5.41, 5.74) is 7.05. The first kappa shape index (κ1) is 15.9. The minimum Gasteiger partial charge on any atom is -0.329 e. The van der Waals surface area contributed by atoms with Crippen LogP contribution in [0, 0.1) is 11.6 Å². The Morgan fingerprint density at radius 1 is 1.14 bits per heavy atom. The summed E-state index contributed by atoms with van der Waals surface area (Å²) in [6.45, 7) is 0.763. The molecule has 2 nitrogen and oxygen atoms in total. The number of nitrogens with two attached hydrogens (primary N) is 1. The van der Waals surface area contributed by atoms with Crippen molar-refractivity contribution >= 4 is 11.6 Å². The van der Waals surface area contributed by atoms with Gasteiger partial charge in [0.1, 0.15) is 0 Å². The summed E-state index contributed by atoms with van der Waals surface area (Å²) in [4.78, 5) is 1.89. The molecule has 0 spiro atoms. The summed E-state index contributed by atoms with van der Waals surface area (Å²) < 4.78 is 27.3. The Morgan fingerprint density at radius 2 is 1.81 bits per heavy atom. The summed E-state index contributed by atoms with van der Waals surface area (Å²) in [5.74, 6) is -1.69. The van der Waals surface area contributed by atoms with Crippen LogP contribution in [0.1, 0.15) is 17.2 Å². The molecule has 2 aromatic carbocycles. The van der Waals surface area contributed by atoms with Gasteiger partial charge < -0.3 is 5.73 Å². The Morgan fingerprint density at radius 3 is 2.43 bits per heavy atom. The molecule has 0 aliphatic carbocycles. The zero-order valence-electron chi connectivity index (χ0n) is 11.7. The summed E-state index contributed by atoms with van der Waals surface area (Å²) in [5, 5.41) is 0.660. The van der Waals surface area contributed by atoms with Gasteiger partial charge >= 0.3 is 0 Å². The van der Waals surface area contributed by atoms with Gasteiger partial charge in [-0.15, -0.1) is 0 Å². The number of likely N-dealkylation sites (N-methyl/N-ethyl adjacent to an activating group) is 1. The highest BCUT2D eigenvalue weighted by Crippen LogP contribution is 2.24. The zero-order chi connectivity index (χ0) is 15.4. The second-order valence-corrected chi connectivity index (χ2v) is 5.37. The van der Waals surface area contributed by atoms with E-state index in [0.717, 1.165) is 11.6 Å². The highest BCUT2D eigenvalue weighted by atomic mass is 35.5. The molecule has 0 aromatic heterocycles. The standard InChI is InChI=1S/C16H17ClF2N2/c1-21(10-11-5-7-12(17)8-6-11)15(9-20)13-3-2-4-14(18)16(13)19/h2-8,15H,9-10,20H2,1H3. The van der Waals surface area contributed by atoms with Gasteiger partial charge in [-0.05, 0) is 30.8 Å². The van der Waals surface area contributed by atoms with E-state index in [1.807, 2.05) is 24.1 Å². The van der Waals surface area contributed by atoms with E-state index in [1.54, 1.807) is 18.2 Å². The Kier molecular flexibility index (Phi) is 5.28. The predicted molar refractivity (Wildman–Crippen MR) is 81.1 cm³/mol. The first-order valence-corrected chi connectivity index (χ1v) is 6.99. The second kappa shape index (κ2) is 6.98. The number of hydrogen-bond donors (Lipinski definition) is 1. The van der Waals surface area contributed by atoms with Crippen molar-refractivity contribution in [2.45, 2.75) is 12.6 Å². The van der Waals surface area contributed by atoms with Crippen LogP contribution < -0.4 is 5.73 Å². The second-order valence-electron chi connectivity index (χ2n) is 4.94. The lowest BCUT2D eigenvalue weighted by Crippen LogP contribution is -2.31. The summed E-state index contributed by atoms with van der Waals surface area (Å²) in [6.07, 6.45) is 0. The molecule has 1 unspecified atom stereocenters. The van der Waals surface area contributed by atoms with Crippen molar-refractivity contribution in [1.82, 2.24) is 4.90 Å². The van der Waals surface area contributed by atoms with Crippen molar-refractivity contribution in [1.29, 1.82) is 0 Å². The molecule has 0 fully saturated rings. The topological polar surface area (TPSA) is 29.3 Å². The third kappa shape index (κ3) is 3.79. The van der Waals surface area contributed by atoms with Crippen molar-refractivity contribution < 1.29 is 8.78 Å². The van der Waals surface area contributed by atoms with E-state index in [4.69, 9.17) is 17.3 Å². The molecule has 0 amide bonds. The third-order valence-electron chi connectivity index (χ3n) is 3.44. The minimum absolute atomic E-state index is 0.199. The SMILES string of the molecule is CN(Cc1ccc(Cl)cc1)C(CN)c1cccc(F)c1F. The molecule has 5 heteroatoms. The molecule has 0 saturated carbocycles. The summed E-state index contributed by atoms with van der Waals surface area (Å²) in [7, 11) is 1.83. The van der Waals surface area contributed by atoms with Crippen LogP contribution in [-0.2, 0) is 6.54 Å². The van der Waals surface area contributed by atoms with E-state index < -0.39 is 17.7 Å². The molecule has 0 radical (unpaired) electrons. The van der Waals surface area contributed by atoms with Crippen LogP contribution >= 0.6 is 11.6 Å². The monoisotopic (exact) mass is 310 g/mol. The van der Waals surface area contributed by atoms with Crippen molar-refractivity contribution in [2.24, 2.45) is 5.73 Å². The molecular formula is C16H17ClF2N2. The number of nitrogens with zero attached hydrogens (tertiary/aromatic N) is 1. The van der Waals surface area contributed by atoms with Crippen LogP contribution in [0.2, 0.25) is 5.02 Å². The molecule has 2 N–H and O–H groups in total. The first-order valence-electron chi connectivity index (χ1n) is 6.61. The van der Waals surface area contributed by atoms with E-state index in [1.165, 1.54) is 6.07 Å². The van der Waals surface area contributed by atoms with Gasteiger partial charge in [-0.3, -0.25) is 4.90 Å². The van der Waals surface area contributed by atoms with Gasteiger partial charge in [0.2, 0.25) is 0 Å². The van der Waals surface area contributed by atoms with Crippen LogP contribution in [0.25, 0.3) is 0 Å². The van der Waals surface area contributed by atoms with E-state index in [9.17, 15) is 8.78 Å². The first-order chi connectivity index (χ1) is 10.0. The van der Waals surface area contributed by atoms with Crippen molar-refractivity contribution in [2.75, 3.05) is 13.6 Å². The number of hydrogen-bond acceptors (Lipinski definition) is 2. The summed E-state index contributed by atoms with van der Waals surface area (Å²) >= 11 is 5.85. The van der Waals surface area contributed by atoms with E-state index in [0.29, 0.717) is 11.6 Å². The lowest BCUT2D eigenvalue weighted by atomic mass is 10.0. The molecule has 112 valence electrons. The lowest BCUT2D eigenvalue weighted by molar-refractivity contribution is 0.235. The number of halogens is 3. The van der Waals surface area contributed by atoms with Crippen molar-refractivity contribution in [3.8, 4) is 0 Å². The maximum absolute atomic E-state index is 13.9. The lowest BCUT2D eigenvalue weighted by Gasteiger charge is -2.27. The van der Waals surface area contributed by atoms with Gasteiger partial charge in [-0.1, -0.05) is 35.9 Å². The molecule has 0 saturated heterocycles. The molecule has 0 heterocycles.